The zero-order valence-corrected chi connectivity index (χ0v) is 10.6. The van der Waals surface area contributed by atoms with Gasteiger partial charge in [0.15, 0.2) is 0 Å². The molecule has 0 radical (unpaired) electrons. The van der Waals surface area contributed by atoms with E-state index in [9.17, 15) is 0 Å². The van der Waals surface area contributed by atoms with E-state index in [0.717, 1.165) is 30.6 Å². The predicted molar refractivity (Wildman–Crippen MR) is 72.6 cm³/mol. The maximum atomic E-state index is 4.13. The van der Waals surface area contributed by atoms with Crippen LogP contribution in [0.25, 0.3) is 0 Å². The lowest BCUT2D eigenvalue weighted by atomic mass is 9.88. The molecule has 1 atom stereocenters. The van der Waals surface area contributed by atoms with Gasteiger partial charge in [-0.05, 0) is 48.9 Å². The van der Waals surface area contributed by atoms with Gasteiger partial charge in [-0.3, -0.25) is 0 Å². The highest BCUT2D eigenvalue weighted by Crippen LogP contribution is 2.23. The Hall–Kier alpha value is -1.90. The summed E-state index contributed by atoms with van der Waals surface area (Å²) in [7, 11) is 0. The quantitative estimate of drug-likeness (QED) is 0.875. The van der Waals surface area contributed by atoms with Crippen LogP contribution >= 0.6 is 0 Å². The topological polar surface area (TPSA) is 37.8 Å². The van der Waals surface area contributed by atoms with E-state index in [4.69, 9.17) is 0 Å². The predicted octanol–water partition coefficient (Wildman–Crippen LogP) is 2.75. The van der Waals surface area contributed by atoms with Crippen molar-refractivity contribution in [2.24, 2.45) is 0 Å². The molecule has 1 aromatic carbocycles. The number of fused-ring (bicyclic) bond motifs is 1. The van der Waals surface area contributed by atoms with Crippen molar-refractivity contribution >= 4 is 5.82 Å². The number of hydrogen-bond acceptors (Lipinski definition) is 3. The third-order valence-electron chi connectivity index (χ3n) is 3.49. The van der Waals surface area contributed by atoms with Crippen molar-refractivity contribution in [2.45, 2.75) is 32.2 Å². The van der Waals surface area contributed by atoms with Crippen LogP contribution in [0.1, 0.15) is 23.1 Å². The minimum absolute atomic E-state index is 0.469. The number of benzene rings is 1. The lowest BCUT2D eigenvalue weighted by Gasteiger charge is -2.25. The van der Waals surface area contributed by atoms with E-state index in [0.29, 0.717) is 6.04 Å². The van der Waals surface area contributed by atoms with Crippen molar-refractivity contribution in [1.29, 1.82) is 0 Å². The number of aromatic nitrogens is 2. The highest BCUT2D eigenvalue weighted by atomic mass is 15.2. The Morgan fingerprint density at radius 3 is 2.89 bits per heavy atom. The summed E-state index contributed by atoms with van der Waals surface area (Å²) < 4.78 is 0. The number of hydrogen-bond donors (Lipinski definition) is 1. The molecule has 1 heterocycles. The fourth-order valence-electron chi connectivity index (χ4n) is 2.56. The van der Waals surface area contributed by atoms with Crippen molar-refractivity contribution in [3.05, 3.63) is 53.2 Å². The van der Waals surface area contributed by atoms with Gasteiger partial charge in [0.25, 0.3) is 0 Å². The first-order valence-corrected chi connectivity index (χ1v) is 6.44. The van der Waals surface area contributed by atoms with Gasteiger partial charge in [0.05, 0.1) is 6.20 Å². The van der Waals surface area contributed by atoms with Crippen molar-refractivity contribution in [1.82, 2.24) is 10.2 Å². The normalized spacial score (nSPS) is 18.2. The van der Waals surface area contributed by atoms with Crippen LogP contribution in [-0.2, 0) is 12.8 Å². The van der Waals surface area contributed by atoms with Crippen molar-refractivity contribution < 1.29 is 0 Å². The van der Waals surface area contributed by atoms with Gasteiger partial charge in [-0.1, -0.05) is 24.3 Å². The smallest absolute Gasteiger partial charge is 0.149 e. The SMILES string of the molecule is Cc1cnnc(NC2CCc3ccccc3C2)c1. The third-order valence-corrected chi connectivity index (χ3v) is 3.49. The lowest BCUT2D eigenvalue weighted by Crippen LogP contribution is -2.27. The van der Waals surface area contributed by atoms with Crippen LogP contribution in [0.4, 0.5) is 5.82 Å². The molecule has 1 unspecified atom stereocenters. The molecular weight excluding hydrogens is 222 g/mol. The Balaban J connectivity index is 1.73. The summed E-state index contributed by atoms with van der Waals surface area (Å²) in [6, 6.07) is 11.2. The second-order valence-electron chi connectivity index (χ2n) is 4.97. The minimum Gasteiger partial charge on any atom is -0.365 e. The zero-order chi connectivity index (χ0) is 12.4. The molecule has 1 aliphatic rings. The van der Waals surface area contributed by atoms with Crippen LogP contribution < -0.4 is 5.32 Å². The van der Waals surface area contributed by atoms with Gasteiger partial charge in [-0.25, -0.2) is 0 Å². The van der Waals surface area contributed by atoms with Gasteiger partial charge >= 0.3 is 0 Å². The lowest BCUT2D eigenvalue weighted by molar-refractivity contribution is 0.607. The summed E-state index contributed by atoms with van der Waals surface area (Å²) >= 11 is 0. The van der Waals surface area contributed by atoms with Gasteiger partial charge in [-0.15, -0.1) is 5.10 Å². The molecule has 3 rings (SSSR count). The number of aryl methyl sites for hydroxylation is 2. The van der Waals surface area contributed by atoms with Gasteiger partial charge in [-0.2, -0.15) is 5.10 Å². The summed E-state index contributed by atoms with van der Waals surface area (Å²) in [5, 5.41) is 11.6. The molecule has 3 heteroatoms. The second kappa shape index (κ2) is 4.77. The molecule has 0 saturated heterocycles. The van der Waals surface area contributed by atoms with E-state index in [1.54, 1.807) is 6.20 Å². The van der Waals surface area contributed by atoms with Crippen LogP contribution in [0.2, 0.25) is 0 Å². The molecule has 0 spiro atoms. The number of nitrogens with zero attached hydrogens (tertiary/aromatic N) is 2. The van der Waals surface area contributed by atoms with Crippen LogP contribution in [0.15, 0.2) is 36.5 Å². The first-order valence-electron chi connectivity index (χ1n) is 6.44. The summed E-state index contributed by atoms with van der Waals surface area (Å²) in [4.78, 5) is 0. The molecule has 1 aliphatic carbocycles. The van der Waals surface area contributed by atoms with Crippen molar-refractivity contribution in [3.8, 4) is 0 Å². The van der Waals surface area contributed by atoms with Crippen LogP contribution in [-0.4, -0.2) is 16.2 Å². The Morgan fingerprint density at radius 1 is 1.22 bits per heavy atom. The molecule has 0 fully saturated rings. The third kappa shape index (κ3) is 2.35. The minimum atomic E-state index is 0.469. The molecule has 3 nitrogen and oxygen atoms in total. The second-order valence-corrected chi connectivity index (χ2v) is 4.97. The average molecular weight is 239 g/mol. The molecule has 92 valence electrons. The first kappa shape index (κ1) is 11.2. The maximum Gasteiger partial charge on any atom is 0.149 e. The molecule has 0 aliphatic heterocycles. The van der Waals surface area contributed by atoms with E-state index >= 15 is 0 Å². The highest BCUT2D eigenvalue weighted by Gasteiger charge is 2.18. The van der Waals surface area contributed by atoms with E-state index in [-0.39, 0.29) is 0 Å². The zero-order valence-electron chi connectivity index (χ0n) is 10.6. The van der Waals surface area contributed by atoms with Gasteiger partial charge in [0, 0.05) is 6.04 Å². The molecule has 1 N–H and O–H groups in total. The Kier molecular flexibility index (Phi) is 2.97. The monoisotopic (exact) mass is 239 g/mol. The van der Waals surface area contributed by atoms with E-state index in [1.165, 1.54) is 11.1 Å². The number of rotatable bonds is 2. The largest absolute Gasteiger partial charge is 0.365 e. The summed E-state index contributed by atoms with van der Waals surface area (Å²) in [5.41, 5.74) is 4.09. The molecule has 1 aromatic heterocycles. The van der Waals surface area contributed by atoms with Crippen LogP contribution in [0.5, 0.6) is 0 Å². The van der Waals surface area contributed by atoms with E-state index in [1.807, 2.05) is 13.0 Å². The van der Waals surface area contributed by atoms with Gasteiger partial charge < -0.3 is 5.32 Å². The van der Waals surface area contributed by atoms with Crippen molar-refractivity contribution in [2.75, 3.05) is 5.32 Å². The van der Waals surface area contributed by atoms with E-state index in [2.05, 4.69) is 39.8 Å². The first-order chi connectivity index (χ1) is 8.81. The van der Waals surface area contributed by atoms with E-state index < -0.39 is 0 Å². The Labute approximate surface area is 107 Å². The van der Waals surface area contributed by atoms with Gasteiger partial charge in [0.1, 0.15) is 5.82 Å². The fraction of sp³-hybridized carbons (Fsp3) is 0.333. The number of nitrogens with one attached hydrogen (secondary N) is 1. The number of anilines is 1. The van der Waals surface area contributed by atoms with Crippen LogP contribution in [0.3, 0.4) is 0 Å². The molecule has 0 bridgehead atoms. The maximum absolute atomic E-state index is 4.13. The molecule has 18 heavy (non-hydrogen) atoms. The summed E-state index contributed by atoms with van der Waals surface area (Å²) in [6.07, 6.45) is 5.16. The van der Waals surface area contributed by atoms with Gasteiger partial charge in [0.2, 0.25) is 0 Å². The highest BCUT2D eigenvalue weighted by molar-refractivity contribution is 5.39. The Bertz CT molecular complexity index is 551. The summed E-state index contributed by atoms with van der Waals surface area (Å²) in [6.45, 7) is 2.04. The average Bonchev–Trinajstić information content (AvgIpc) is 2.39. The molecule has 0 amide bonds. The molecule has 2 aromatic rings. The molecular formula is C15H17N3. The van der Waals surface area contributed by atoms with Crippen molar-refractivity contribution in [3.63, 3.8) is 0 Å². The fourth-order valence-corrected chi connectivity index (χ4v) is 2.56. The Morgan fingerprint density at radius 2 is 2.06 bits per heavy atom. The standard InChI is InChI=1S/C15H17N3/c1-11-8-15(18-16-10-11)17-14-7-6-12-4-2-3-5-13(12)9-14/h2-5,8,10,14H,6-7,9H2,1H3,(H,17,18). The van der Waals surface area contributed by atoms with Crippen LogP contribution in [0, 0.1) is 6.92 Å². The molecule has 0 saturated carbocycles. The summed E-state index contributed by atoms with van der Waals surface area (Å²) in [5.74, 6) is 0.888.